The van der Waals surface area contributed by atoms with Gasteiger partial charge in [0.15, 0.2) is 0 Å². The highest BCUT2D eigenvalue weighted by molar-refractivity contribution is 5.84. The van der Waals surface area contributed by atoms with E-state index in [2.05, 4.69) is 4.74 Å². The minimum Gasteiger partial charge on any atom is -0.818 e. The first-order valence-corrected chi connectivity index (χ1v) is 1.83. The second kappa shape index (κ2) is 1.35. The number of esters is 1. The van der Waals surface area contributed by atoms with Gasteiger partial charge in [-0.25, -0.2) is 4.79 Å². The Morgan fingerprint density at radius 3 is 2.71 bits per heavy atom. The third kappa shape index (κ3) is 0.778. The monoisotopic (exact) mass is 99.0 g/mol. The maximum atomic E-state index is 10.0. The first-order valence-electron chi connectivity index (χ1n) is 1.83. The molecule has 3 heteroatoms. The zero-order chi connectivity index (χ0) is 5.28. The molecular weight excluding hydrogens is 96.0 g/mol. The van der Waals surface area contributed by atoms with Crippen molar-refractivity contribution in [3.63, 3.8) is 0 Å². The van der Waals surface area contributed by atoms with Gasteiger partial charge in [-0.15, -0.1) is 0 Å². The van der Waals surface area contributed by atoms with Gasteiger partial charge in [-0.3, -0.25) is 0 Å². The van der Waals surface area contributed by atoms with Crippen LogP contribution in [0.3, 0.4) is 0 Å². The summed E-state index contributed by atoms with van der Waals surface area (Å²) in [5.41, 5.74) is 0. The number of carbonyl (C=O) groups excluding carboxylic acids is 1. The van der Waals surface area contributed by atoms with Crippen LogP contribution in [0.25, 0.3) is 0 Å². The zero-order valence-corrected chi connectivity index (χ0v) is 3.46. The molecule has 0 aliphatic carbocycles. The van der Waals surface area contributed by atoms with Gasteiger partial charge in [-0.2, -0.15) is 0 Å². The van der Waals surface area contributed by atoms with Crippen molar-refractivity contribution in [3.8, 4) is 0 Å². The first-order chi connectivity index (χ1) is 3.29. The molecule has 0 amide bonds. The van der Waals surface area contributed by atoms with E-state index in [0.717, 1.165) is 6.08 Å². The van der Waals surface area contributed by atoms with Crippen LogP contribution in [0.4, 0.5) is 0 Å². The third-order valence-corrected chi connectivity index (χ3v) is 0.622. The second-order valence-electron chi connectivity index (χ2n) is 1.16. The molecule has 0 radical (unpaired) electrons. The van der Waals surface area contributed by atoms with Gasteiger partial charge < -0.3 is 9.84 Å². The van der Waals surface area contributed by atoms with Gasteiger partial charge in [0.1, 0.15) is 0 Å². The Labute approximate surface area is 40.2 Å². The van der Waals surface area contributed by atoms with Crippen molar-refractivity contribution in [3.05, 3.63) is 12.2 Å². The molecule has 3 nitrogen and oxygen atoms in total. The van der Waals surface area contributed by atoms with Crippen LogP contribution in [0.1, 0.15) is 0 Å². The summed E-state index contributed by atoms with van der Waals surface area (Å²) in [5, 5.41) is 10.0. The molecule has 0 saturated carbocycles. The smallest absolute Gasteiger partial charge is 0.329 e. The average Bonchev–Trinajstić information content (AvgIpc) is 1.87. The summed E-state index contributed by atoms with van der Waals surface area (Å²) in [6.07, 6.45) is 1.03. The lowest BCUT2D eigenvalue weighted by Gasteiger charge is -2.09. The predicted molar refractivity (Wildman–Crippen MR) is 19.0 cm³/mol. The molecule has 1 aliphatic rings. The fourth-order valence-electron chi connectivity index (χ4n) is 0.350. The van der Waals surface area contributed by atoms with Gasteiger partial charge in [-0.1, -0.05) is 6.08 Å². The highest BCUT2D eigenvalue weighted by Gasteiger charge is 2.03. The minimum absolute atomic E-state index is 0.542. The average molecular weight is 99.1 g/mol. The van der Waals surface area contributed by atoms with E-state index < -0.39 is 12.3 Å². The molecule has 0 aromatic carbocycles. The first kappa shape index (κ1) is 4.33. The molecule has 0 bridgehead atoms. The van der Waals surface area contributed by atoms with E-state index in [1.54, 1.807) is 0 Å². The van der Waals surface area contributed by atoms with Crippen LogP contribution in [0.15, 0.2) is 12.2 Å². The van der Waals surface area contributed by atoms with Crippen molar-refractivity contribution >= 4 is 5.97 Å². The van der Waals surface area contributed by atoms with Gasteiger partial charge in [0.05, 0.1) is 0 Å². The molecule has 1 heterocycles. The SMILES string of the molecule is O=C1C=CC([O-])O1. The summed E-state index contributed by atoms with van der Waals surface area (Å²) in [6.45, 7) is 0. The van der Waals surface area contributed by atoms with Crippen molar-refractivity contribution in [2.75, 3.05) is 0 Å². The van der Waals surface area contributed by atoms with Crippen LogP contribution in [-0.4, -0.2) is 12.3 Å². The molecule has 0 saturated heterocycles. The molecule has 1 rings (SSSR count). The molecular formula is C4H3O3-. The van der Waals surface area contributed by atoms with Gasteiger partial charge in [-0.05, 0) is 0 Å². The topological polar surface area (TPSA) is 49.4 Å². The van der Waals surface area contributed by atoms with Crippen LogP contribution in [0.5, 0.6) is 0 Å². The molecule has 0 fully saturated rings. The molecule has 1 aliphatic heterocycles. The highest BCUT2D eigenvalue weighted by atomic mass is 16.6. The zero-order valence-electron chi connectivity index (χ0n) is 3.46. The second-order valence-corrected chi connectivity index (χ2v) is 1.16. The number of hydrogen-bond acceptors (Lipinski definition) is 3. The minimum atomic E-state index is -1.26. The van der Waals surface area contributed by atoms with E-state index in [1.807, 2.05) is 0 Å². The van der Waals surface area contributed by atoms with Crippen molar-refractivity contribution in [1.29, 1.82) is 0 Å². The summed E-state index contributed by atoms with van der Waals surface area (Å²) >= 11 is 0. The van der Waals surface area contributed by atoms with Crippen LogP contribution in [0.2, 0.25) is 0 Å². The van der Waals surface area contributed by atoms with Crippen molar-refractivity contribution < 1.29 is 14.6 Å². The Bertz CT molecular complexity index is 116. The van der Waals surface area contributed by atoms with Crippen molar-refractivity contribution in [1.82, 2.24) is 0 Å². The Morgan fingerprint density at radius 2 is 2.57 bits per heavy atom. The molecule has 38 valence electrons. The van der Waals surface area contributed by atoms with Gasteiger partial charge in [0.25, 0.3) is 0 Å². The van der Waals surface area contributed by atoms with E-state index in [4.69, 9.17) is 0 Å². The normalized spacial score (nSPS) is 28.1. The Hall–Kier alpha value is -0.830. The molecule has 1 unspecified atom stereocenters. The number of carbonyl (C=O) groups is 1. The van der Waals surface area contributed by atoms with E-state index in [-0.39, 0.29) is 0 Å². The molecule has 0 spiro atoms. The van der Waals surface area contributed by atoms with E-state index in [1.165, 1.54) is 6.08 Å². The maximum absolute atomic E-state index is 10.0. The number of cyclic esters (lactones) is 1. The van der Waals surface area contributed by atoms with Crippen molar-refractivity contribution in [2.24, 2.45) is 0 Å². The Morgan fingerprint density at radius 1 is 1.86 bits per heavy atom. The fourth-order valence-corrected chi connectivity index (χ4v) is 0.350. The summed E-state index contributed by atoms with van der Waals surface area (Å²) in [7, 11) is 0. The number of rotatable bonds is 0. The van der Waals surface area contributed by atoms with Crippen LogP contribution in [-0.2, 0) is 9.53 Å². The summed E-state index contributed by atoms with van der Waals surface area (Å²) in [4.78, 5) is 9.94. The third-order valence-electron chi connectivity index (χ3n) is 0.622. The van der Waals surface area contributed by atoms with E-state index in [0.29, 0.717) is 0 Å². The van der Waals surface area contributed by atoms with Gasteiger partial charge in [0, 0.05) is 12.4 Å². The molecule has 1 atom stereocenters. The molecule has 0 N–H and O–H groups in total. The molecule has 0 aromatic rings. The van der Waals surface area contributed by atoms with E-state index >= 15 is 0 Å². The summed E-state index contributed by atoms with van der Waals surface area (Å²) in [5.74, 6) is -0.542. The van der Waals surface area contributed by atoms with Crippen molar-refractivity contribution in [2.45, 2.75) is 6.29 Å². The van der Waals surface area contributed by atoms with Crippen LogP contribution in [0, 0.1) is 0 Å². The van der Waals surface area contributed by atoms with Crippen LogP contribution < -0.4 is 5.11 Å². The highest BCUT2D eigenvalue weighted by Crippen LogP contribution is 1.95. The lowest BCUT2D eigenvalue weighted by atomic mass is 10.5. The largest absolute Gasteiger partial charge is 0.818 e. The van der Waals surface area contributed by atoms with Gasteiger partial charge >= 0.3 is 5.97 Å². The van der Waals surface area contributed by atoms with E-state index in [9.17, 15) is 9.90 Å². The lowest BCUT2D eigenvalue weighted by Crippen LogP contribution is -2.23. The quantitative estimate of drug-likeness (QED) is 0.358. The molecule has 0 aromatic heterocycles. The Balaban J connectivity index is 2.58. The van der Waals surface area contributed by atoms with Gasteiger partial charge in [0.2, 0.25) is 0 Å². The summed E-state index contributed by atoms with van der Waals surface area (Å²) < 4.78 is 4.06. The Kier molecular flexibility index (Phi) is 0.834. The van der Waals surface area contributed by atoms with Crippen LogP contribution >= 0.6 is 0 Å². The maximum Gasteiger partial charge on any atom is 0.329 e. The fraction of sp³-hybridized carbons (Fsp3) is 0.250. The number of ether oxygens (including phenoxy) is 1. The lowest BCUT2D eigenvalue weighted by molar-refractivity contribution is -0.458. The standard InChI is InChI=1S/C4H3O3/c5-3-1-2-4(6)7-3/h1-3H/q-1. The predicted octanol–water partition coefficient (Wildman–Crippen LogP) is -1.21. The molecule has 7 heavy (non-hydrogen) atoms. The number of hydrogen-bond donors (Lipinski definition) is 0. The summed E-state index contributed by atoms with van der Waals surface area (Å²) in [6, 6.07) is 0.